The molecule has 0 saturated heterocycles. The fourth-order valence-corrected chi connectivity index (χ4v) is 1.85. The molecule has 0 amide bonds. The topological polar surface area (TPSA) is 66.7 Å². The molecule has 1 atom stereocenters. The molecule has 0 heterocycles. The van der Waals surface area contributed by atoms with Crippen molar-refractivity contribution >= 4 is 11.6 Å². The molecule has 1 aromatic carbocycles. The van der Waals surface area contributed by atoms with Crippen molar-refractivity contribution in [1.82, 2.24) is 5.17 Å². The largest absolute Gasteiger partial charge is 0.258 e. The molecule has 0 N–H and O–H groups in total. The van der Waals surface area contributed by atoms with Crippen LogP contribution in [0.25, 0.3) is 0 Å². The first-order valence-electron chi connectivity index (χ1n) is 6.54. The maximum Gasteiger partial charge on any atom is 0.131 e. The molecule has 7 heteroatoms. The van der Waals surface area contributed by atoms with E-state index < -0.39 is 6.04 Å². The molecule has 0 aromatic heterocycles. The zero-order valence-electron chi connectivity index (χ0n) is 12.3. The molecule has 0 radical (unpaired) electrons. The first-order valence-corrected chi connectivity index (χ1v) is 6.54. The molecule has 7 nitrogen and oxygen atoms in total. The highest BCUT2D eigenvalue weighted by molar-refractivity contribution is 5.62. The summed E-state index contributed by atoms with van der Waals surface area (Å²) in [6.45, 7) is 0. The van der Waals surface area contributed by atoms with E-state index >= 15 is 0 Å². The van der Waals surface area contributed by atoms with E-state index in [1.165, 1.54) is 24.6 Å². The Balaban J connectivity index is 2.16. The predicted molar refractivity (Wildman–Crippen MR) is 80.9 cm³/mol. The van der Waals surface area contributed by atoms with E-state index in [2.05, 4.69) is 10.4 Å². The Hall–Kier alpha value is -2.73. The zero-order valence-corrected chi connectivity index (χ0v) is 12.3. The Morgan fingerprint density at radius 2 is 1.86 bits per heavy atom. The number of anilines is 1. The van der Waals surface area contributed by atoms with Gasteiger partial charge in [0.15, 0.2) is 0 Å². The molecule has 1 aliphatic carbocycles. The monoisotopic (exact) mass is 300 g/mol. The van der Waals surface area contributed by atoms with Crippen molar-refractivity contribution in [3.63, 3.8) is 0 Å². The predicted octanol–water partition coefficient (Wildman–Crippen LogP) is 2.45. The smallest absolute Gasteiger partial charge is 0.131 e. The number of nitrogens with zero attached hydrogens (tertiary/aromatic N) is 4. The molecule has 114 valence electrons. The van der Waals surface area contributed by atoms with E-state index in [-0.39, 0.29) is 0 Å². The van der Waals surface area contributed by atoms with Crippen LogP contribution in [0.15, 0.2) is 70.7 Å². The minimum atomic E-state index is -0.495. The molecule has 2 rings (SSSR count). The molecule has 1 aromatic rings. The number of hydrogen-bond donors (Lipinski definition) is 0. The van der Waals surface area contributed by atoms with Gasteiger partial charge in [-0.25, -0.2) is 4.79 Å². The number of carbonyl (C=O) groups excluding carboxylic acids is 1. The van der Waals surface area contributed by atoms with Gasteiger partial charge in [-0.15, -0.1) is 10.3 Å². The molecule has 0 aliphatic heterocycles. The van der Waals surface area contributed by atoms with Gasteiger partial charge in [0.1, 0.15) is 12.0 Å². The molecule has 0 spiro atoms. The Bertz CT molecular complexity index is 621. The number of rotatable bonds is 6. The maximum absolute atomic E-state index is 11.0. The van der Waals surface area contributed by atoms with Crippen LogP contribution in [0.1, 0.15) is 0 Å². The average molecular weight is 300 g/mol. The Labute approximate surface area is 128 Å². The number of allylic oxidation sites excluding steroid dienone is 2. The van der Waals surface area contributed by atoms with Crippen molar-refractivity contribution in [3.8, 4) is 0 Å². The standard InChI is InChI=1S/C15H16N4O3/c1-21-18(14-9-4-3-5-10-14)16-17-19(22-2)15-11-7-6-8-13(15)12-20/h3-11,15H,1-2H3. The van der Waals surface area contributed by atoms with Gasteiger partial charge in [-0.2, -0.15) is 0 Å². The van der Waals surface area contributed by atoms with E-state index in [1.54, 1.807) is 24.3 Å². The quantitative estimate of drug-likeness (QED) is 0.458. The van der Waals surface area contributed by atoms with Gasteiger partial charge in [-0.1, -0.05) is 36.4 Å². The lowest BCUT2D eigenvalue weighted by molar-refractivity contribution is -0.150. The van der Waals surface area contributed by atoms with Crippen LogP contribution in [-0.4, -0.2) is 31.4 Å². The summed E-state index contributed by atoms with van der Waals surface area (Å²) in [6.07, 6.45) is 6.93. The lowest BCUT2D eigenvalue weighted by Crippen LogP contribution is -2.31. The Morgan fingerprint density at radius 1 is 1.09 bits per heavy atom. The van der Waals surface area contributed by atoms with Gasteiger partial charge < -0.3 is 0 Å². The summed E-state index contributed by atoms with van der Waals surface area (Å²) in [5, 5.41) is 10.4. The number of hydrogen-bond acceptors (Lipinski definition) is 5. The highest BCUT2D eigenvalue weighted by Gasteiger charge is 2.21. The molecule has 0 saturated carbocycles. The van der Waals surface area contributed by atoms with Gasteiger partial charge >= 0.3 is 0 Å². The van der Waals surface area contributed by atoms with Gasteiger partial charge in [0.25, 0.3) is 0 Å². The Kier molecular flexibility index (Phi) is 5.62. The van der Waals surface area contributed by atoms with Crippen LogP contribution in [0.2, 0.25) is 0 Å². The van der Waals surface area contributed by atoms with Crippen molar-refractivity contribution in [3.05, 3.63) is 60.2 Å². The van der Waals surface area contributed by atoms with E-state index in [0.717, 1.165) is 0 Å². The van der Waals surface area contributed by atoms with Crippen molar-refractivity contribution < 1.29 is 14.5 Å². The van der Waals surface area contributed by atoms with Crippen molar-refractivity contribution in [2.75, 3.05) is 19.4 Å². The molecule has 0 bridgehead atoms. The van der Waals surface area contributed by atoms with Crippen molar-refractivity contribution in [2.24, 2.45) is 10.4 Å². The number of para-hydroxylation sites is 1. The minimum absolute atomic E-state index is 0.395. The Morgan fingerprint density at radius 3 is 2.50 bits per heavy atom. The second-order valence-electron chi connectivity index (χ2n) is 4.20. The highest BCUT2D eigenvalue weighted by atomic mass is 16.7. The van der Waals surface area contributed by atoms with Crippen LogP contribution in [0.5, 0.6) is 0 Å². The molecule has 1 unspecified atom stereocenters. The van der Waals surface area contributed by atoms with Gasteiger partial charge in [-0.05, 0) is 28.7 Å². The summed E-state index contributed by atoms with van der Waals surface area (Å²) in [4.78, 5) is 21.3. The van der Waals surface area contributed by atoms with Gasteiger partial charge in [-0.3, -0.25) is 9.68 Å². The van der Waals surface area contributed by atoms with Gasteiger partial charge in [0.2, 0.25) is 0 Å². The van der Waals surface area contributed by atoms with Gasteiger partial charge in [0.05, 0.1) is 25.5 Å². The number of benzene rings is 1. The van der Waals surface area contributed by atoms with E-state index in [0.29, 0.717) is 11.3 Å². The summed E-state index contributed by atoms with van der Waals surface area (Å²) in [6, 6.07) is 8.74. The average Bonchev–Trinajstić information content (AvgIpc) is 2.60. The first kappa shape index (κ1) is 15.7. The van der Waals surface area contributed by atoms with Crippen LogP contribution in [-0.2, 0) is 14.5 Å². The SMILES string of the molecule is CON(N=NN(OC)C1C=CC=CC1=C=O)c1ccccc1. The summed E-state index contributed by atoms with van der Waals surface area (Å²) in [7, 11) is 2.91. The second-order valence-corrected chi connectivity index (χ2v) is 4.20. The molecular formula is C15H16N4O3. The molecule has 1 aliphatic rings. The highest BCUT2D eigenvalue weighted by Crippen LogP contribution is 2.18. The van der Waals surface area contributed by atoms with Crippen LogP contribution in [0.4, 0.5) is 5.69 Å². The van der Waals surface area contributed by atoms with Crippen molar-refractivity contribution in [1.29, 1.82) is 0 Å². The van der Waals surface area contributed by atoms with E-state index in [1.807, 2.05) is 36.3 Å². The fraction of sp³-hybridized carbons (Fsp3) is 0.200. The lowest BCUT2D eigenvalue weighted by Gasteiger charge is -2.24. The summed E-state index contributed by atoms with van der Waals surface area (Å²) < 4.78 is 0. The third-order valence-corrected chi connectivity index (χ3v) is 2.90. The third kappa shape index (κ3) is 3.67. The molecular weight excluding hydrogens is 284 g/mol. The van der Waals surface area contributed by atoms with Crippen molar-refractivity contribution in [2.45, 2.75) is 6.04 Å². The van der Waals surface area contributed by atoms with E-state index in [4.69, 9.17) is 9.68 Å². The molecule has 22 heavy (non-hydrogen) atoms. The summed E-state index contributed by atoms with van der Waals surface area (Å²) in [5.41, 5.74) is 1.10. The lowest BCUT2D eigenvalue weighted by atomic mass is 10.0. The fourth-order valence-electron chi connectivity index (χ4n) is 1.85. The van der Waals surface area contributed by atoms with Gasteiger partial charge in [0, 0.05) is 0 Å². The zero-order chi connectivity index (χ0) is 15.8. The van der Waals surface area contributed by atoms with Crippen LogP contribution in [0.3, 0.4) is 0 Å². The summed E-state index contributed by atoms with van der Waals surface area (Å²) in [5.74, 6) is 1.86. The maximum atomic E-state index is 11.0. The summed E-state index contributed by atoms with van der Waals surface area (Å²) >= 11 is 0. The number of hydroxylamine groups is 1. The minimum Gasteiger partial charge on any atom is -0.258 e. The molecule has 0 fully saturated rings. The van der Waals surface area contributed by atoms with Crippen LogP contribution in [0, 0.1) is 0 Å². The van der Waals surface area contributed by atoms with Crippen LogP contribution < -0.4 is 5.17 Å². The second kappa shape index (κ2) is 7.90. The normalized spacial score (nSPS) is 16.8. The third-order valence-electron chi connectivity index (χ3n) is 2.90. The van der Waals surface area contributed by atoms with E-state index in [9.17, 15) is 4.79 Å². The first-order chi connectivity index (χ1) is 10.8. The van der Waals surface area contributed by atoms with Crippen LogP contribution >= 0.6 is 0 Å².